The number of ether oxygens (including phenoxy) is 1. The summed E-state index contributed by atoms with van der Waals surface area (Å²) in [7, 11) is 0. The Morgan fingerprint density at radius 3 is 2.65 bits per heavy atom. The van der Waals surface area contributed by atoms with Crippen LogP contribution in [0.15, 0.2) is 17.5 Å². The Kier molecular flexibility index (Phi) is 2.91. The van der Waals surface area contributed by atoms with Gasteiger partial charge in [-0.25, -0.2) is 4.79 Å². The van der Waals surface area contributed by atoms with Crippen molar-refractivity contribution in [3.8, 4) is 0 Å². The molecule has 0 aromatic carbocycles. The molecule has 2 heterocycles. The predicted molar refractivity (Wildman–Crippen MR) is 65.9 cm³/mol. The number of rotatable bonds is 3. The first-order valence-corrected chi connectivity index (χ1v) is 6.48. The van der Waals surface area contributed by atoms with Gasteiger partial charge in [-0.1, -0.05) is 6.07 Å². The number of carbonyl (C=O) groups is 1. The van der Waals surface area contributed by atoms with Crippen LogP contribution in [0.1, 0.15) is 25.6 Å². The van der Waals surface area contributed by atoms with Crippen LogP contribution in [0.2, 0.25) is 0 Å². The quantitative estimate of drug-likeness (QED) is 0.901. The molecule has 1 fully saturated rings. The van der Waals surface area contributed by atoms with Gasteiger partial charge in [-0.05, 0) is 38.6 Å². The Morgan fingerprint density at radius 2 is 2.18 bits per heavy atom. The monoisotopic (exact) mass is 255 g/mol. The molecule has 0 saturated carbocycles. The second kappa shape index (κ2) is 3.99. The van der Waals surface area contributed by atoms with E-state index in [1.165, 1.54) is 9.78 Å². The van der Waals surface area contributed by atoms with Gasteiger partial charge in [0.05, 0.1) is 0 Å². The van der Waals surface area contributed by atoms with E-state index < -0.39 is 17.4 Å². The number of aliphatic hydroxyl groups is 1. The van der Waals surface area contributed by atoms with E-state index >= 15 is 0 Å². The lowest BCUT2D eigenvalue weighted by Crippen LogP contribution is -2.53. The van der Waals surface area contributed by atoms with E-state index in [1.807, 2.05) is 17.5 Å². The largest absolute Gasteiger partial charge is 0.438 e. The van der Waals surface area contributed by atoms with E-state index in [2.05, 4.69) is 0 Å². The first kappa shape index (κ1) is 12.4. The highest BCUT2D eigenvalue weighted by Crippen LogP contribution is 2.36. The van der Waals surface area contributed by atoms with Crippen molar-refractivity contribution in [2.24, 2.45) is 0 Å². The molecule has 1 unspecified atom stereocenters. The highest BCUT2D eigenvalue weighted by atomic mass is 32.1. The van der Waals surface area contributed by atoms with Crippen molar-refractivity contribution in [2.75, 3.05) is 6.54 Å². The summed E-state index contributed by atoms with van der Waals surface area (Å²) in [5.74, 6) is 0. The highest BCUT2D eigenvalue weighted by Gasteiger charge is 2.56. The summed E-state index contributed by atoms with van der Waals surface area (Å²) in [6.45, 7) is 5.52. The fraction of sp³-hybridized carbons (Fsp3) is 0.583. The number of thiophene rings is 1. The van der Waals surface area contributed by atoms with Crippen LogP contribution in [0.4, 0.5) is 4.79 Å². The SMILES string of the molecule is CC1(C)OC(=O)N(CCc2cccs2)C1(C)O. The van der Waals surface area contributed by atoms with Gasteiger partial charge >= 0.3 is 6.09 Å². The number of nitrogens with zero attached hydrogens (tertiary/aromatic N) is 1. The van der Waals surface area contributed by atoms with Crippen LogP contribution in [0.3, 0.4) is 0 Å². The van der Waals surface area contributed by atoms with Crippen molar-refractivity contribution in [3.63, 3.8) is 0 Å². The summed E-state index contributed by atoms with van der Waals surface area (Å²) in [6.07, 6.45) is 0.287. The van der Waals surface area contributed by atoms with Crippen molar-refractivity contribution >= 4 is 17.4 Å². The molecule has 94 valence electrons. The average Bonchev–Trinajstić information content (AvgIpc) is 2.73. The average molecular weight is 255 g/mol. The molecule has 1 N–H and O–H groups in total. The summed E-state index contributed by atoms with van der Waals surface area (Å²) in [4.78, 5) is 14.3. The topological polar surface area (TPSA) is 49.8 Å². The zero-order valence-corrected chi connectivity index (χ0v) is 11.1. The normalized spacial score (nSPS) is 27.3. The minimum absolute atomic E-state index is 0.448. The molecule has 1 aromatic rings. The smallest absolute Gasteiger partial charge is 0.412 e. The fourth-order valence-corrected chi connectivity index (χ4v) is 2.56. The molecule has 1 saturated heterocycles. The molecule has 17 heavy (non-hydrogen) atoms. The van der Waals surface area contributed by atoms with Crippen LogP contribution in [0, 0.1) is 0 Å². The zero-order chi connectivity index (χ0) is 12.7. The maximum atomic E-state index is 11.7. The molecule has 0 aliphatic carbocycles. The molecule has 0 spiro atoms. The van der Waals surface area contributed by atoms with E-state index in [0.29, 0.717) is 6.54 Å². The summed E-state index contributed by atoms with van der Waals surface area (Å²) in [5, 5.41) is 12.4. The highest BCUT2D eigenvalue weighted by molar-refractivity contribution is 7.09. The minimum Gasteiger partial charge on any atom is -0.438 e. The second-order valence-electron chi connectivity index (χ2n) is 4.88. The van der Waals surface area contributed by atoms with E-state index in [0.717, 1.165) is 6.42 Å². The Hall–Kier alpha value is -1.07. The van der Waals surface area contributed by atoms with Gasteiger partial charge in [0, 0.05) is 11.4 Å². The van der Waals surface area contributed by atoms with Crippen molar-refractivity contribution in [3.05, 3.63) is 22.4 Å². The Balaban J connectivity index is 2.08. The van der Waals surface area contributed by atoms with Gasteiger partial charge in [-0.3, -0.25) is 4.90 Å². The number of hydrogen-bond acceptors (Lipinski definition) is 4. The Morgan fingerprint density at radius 1 is 1.47 bits per heavy atom. The molecule has 0 bridgehead atoms. The molecule has 0 radical (unpaired) electrons. The summed E-state index contributed by atoms with van der Waals surface area (Å²) in [5.41, 5.74) is -2.14. The molecule has 5 heteroatoms. The van der Waals surface area contributed by atoms with Crippen molar-refractivity contribution in [1.29, 1.82) is 0 Å². The lowest BCUT2D eigenvalue weighted by atomic mass is 9.96. The lowest BCUT2D eigenvalue weighted by molar-refractivity contribution is -0.126. The molecule has 1 atom stereocenters. The maximum Gasteiger partial charge on any atom is 0.412 e. The molecule has 4 nitrogen and oxygen atoms in total. The van der Waals surface area contributed by atoms with Gasteiger partial charge in [0.1, 0.15) is 0 Å². The van der Waals surface area contributed by atoms with Gasteiger partial charge in [-0.2, -0.15) is 0 Å². The standard InChI is InChI=1S/C12H17NO3S/c1-11(2)12(3,15)13(10(14)16-11)7-6-9-5-4-8-17-9/h4-5,8,15H,6-7H2,1-3H3. The molecule has 1 amide bonds. The van der Waals surface area contributed by atoms with Gasteiger partial charge in [-0.15, -0.1) is 11.3 Å². The molecule has 1 aliphatic rings. The van der Waals surface area contributed by atoms with Crippen LogP contribution in [0.5, 0.6) is 0 Å². The lowest BCUT2D eigenvalue weighted by Gasteiger charge is -2.34. The first-order valence-electron chi connectivity index (χ1n) is 5.60. The van der Waals surface area contributed by atoms with Crippen LogP contribution in [-0.2, 0) is 11.2 Å². The number of hydrogen-bond donors (Lipinski definition) is 1. The van der Waals surface area contributed by atoms with Gasteiger partial charge in [0.15, 0.2) is 11.3 Å². The van der Waals surface area contributed by atoms with E-state index in [1.54, 1.807) is 32.1 Å². The van der Waals surface area contributed by atoms with Crippen LogP contribution < -0.4 is 0 Å². The predicted octanol–water partition coefficient (Wildman–Crippen LogP) is 2.23. The third-order valence-electron chi connectivity index (χ3n) is 3.39. The molecule has 1 aromatic heterocycles. The molecular formula is C12H17NO3S. The number of carbonyl (C=O) groups excluding carboxylic acids is 1. The fourth-order valence-electron chi connectivity index (χ4n) is 1.86. The number of amides is 1. The summed E-state index contributed by atoms with van der Waals surface area (Å²) in [6, 6.07) is 4.00. The molecule has 2 rings (SSSR count). The summed E-state index contributed by atoms with van der Waals surface area (Å²) < 4.78 is 5.19. The van der Waals surface area contributed by atoms with Gasteiger partial charge in [0.25, 0.3) is 0 Å². The molecular weight excluding hydrogens is 238 g/mol. The second-order valence-corrected chi connectivity index (χ2v) is 5.91. The Labute approximate surface area is 105 Å². The summed E-state index contributed by atoms with van der Waals surface area (Å²) >= 11 is 1.65. The number of cyclic esters (lactones) is 1. The van der Waals surface area contributed by atoms with Crippen molar-refractivity contribution in [2.45, 2.75) is 38.5 Å². The van der Waals surface area contributed by atoms with Gasteiger partial charge < -0.3 is 9.84 Å². The Bertz CT molecular complexity index is 411. The zero-order valence-electron chi connectivity index (χ0n) is 10.3. The van der Waals surface area contributed by atoms with Crippen LogP contribution in [-0.4, -0.2) is 34.0 Å². The maximum absolute atomic E-state index is 11.7. The molecule has 1 aliphatic heterocycles. The van der Waals surface area contributed by atoms with Crippen LogP contribution in [0.25, 0.3) is 0 Å². The van der Waals surface area contributed by atoms with Gasteiger partial charge in [0.2, 0.25) is 0 Å². The van der Waals surface area contributed by atoms with E-state index in [9.17, 15) is 9.90 Å². The van der Waals surface area contributed by atoms with Crippen LogP contribution >= 0.6 is 11.3 Å². The van der Waals surface area contributed by atoms with Crippen molar-refractivity contribution < 1.29 is 14.6 Å². The van der Waals surface area contributed by atoms with Crippen molar-refractivity contribution in [1.82, 2.24) is 4.90 Å². The third-order valence-corrected chi connectivity index (χ3v) is 4.33. The first-order chi connectivity index (χ1) is 7.84. The van der Waals surface area contributed by atoms with E-state index in [-0.39, 0.29) is 0 Å². The van der Waals surface area contributed by atoms with E-state index in [4.69, 9.17) is 4.74 Å². The third kappa shape index (κ3) is 2.05. The minimum atomic E-state index is -1.26.